The summed E-state index contributed by atoms with van der Waals surface area (Å²) in [5, 5.41) is 5.69. The number of hydrogen-bond acceptors (Lipinski definition) is 4. The van der Waals surface area contributed by atoms with Crippen molar-refractivity contribution in [2.45, 2.75) is 11.1 Å². The molecule has 1 heterocycles. The summed E-state index contributed by atoms with van der Waals surface area (Å²) < 4.78 is 41.5. The lowest BCUT2D eigenvalue weighted by Gasteiger charge is -2.16. The van der Waals surface area contributed by atoms with Crippen LogP contribution in [0.25, 0.3) is 22.0 Å². The van der Waals surface area contributed by atoms with Gasteiger partial charge in [0, 0.05) is 44.5 Å². The van der Waals surface area contributed by atoms with Gasteiger partial charge in [-0.3, -0.25) is 9.78 Å². The molecule has 2 amide bonds. The molecule has 4 aromatic carbocycles. The van der Waals surface area contributed by atoms with Crippen LogP contribution in [0.15, 0.2) is 108 Å². The van der Waals surface area contributed by atoms with Crippen molar-refractivity contribution in [3.05, 3.63) is 120 Å². The lowest BCUT2D eigenvalue weighted by atomic mass is 9.91. The Morgan fingerprint density at radius 3 is 2.20 bits per heavy atom. The molecule has 0 bridgehead atoms. The molecule has 0 aliphatic carbocycles. The van der Waals surface area contributed by atoms with Gasteiger partial charge < -0.3 is 10.6 Å². The van der Waals surface area contributed by atoms with Gasteiger partial charge in [0.2, 0.25) is 0 Å². The monoisotopic (exact) mass is 557 g/mol. The third kappa shape index (κ3) is 5.69. The minimum atomic E-state index is -4.63. The number of thioether (sulfide) groups is 1. The topological polar surface area (TPSA) is 71.1 Å². The van der Waals surface area contributed by atoms with Gasteiger partial charge in [0.1, 0.15) is 0 Å². The van der Waals surface area contributed by atoms with Gasteiger partial charge in [-0.05, 0) is 54.3 Å². The lowest BCUT2D eigenvalue weighted by molar-refractivity contribution is -0.136. The first-order chi connectivity index (χ1) is 19.2. The molecule has 0 unspecified atom stereocenters. The molecular weight excluding hydrogens is 535 g/mol. The molecule has 0 radical (unpaired) electrons. The van der Waals surface area contributed by atoms with Crippen LogP contribution in [-0.4, -0.2) is 23.1 Å². The van der Waals surface area contributed by atoms with E-state index in [1.807, 2.05) is 18.4 Å². The Labute approximate surface area is 232 Å². The highest BCUT2D eigenvalue weighted by atomic mass is 32.2. The van der Waals surface area contributed by atoms with Crippen molar-refractivity contribution in [3.63, 3.8) is 0 Å². The minimum absolute atomic E-state index is 0.147. The molecule has 0 atom stereocenters. The number of fused-ring (bicyclic) bond motifs is 1. The number of aromatic nitrogens is 1. The predicted molar refractivity (Wildman–Crippen MR) is 153 cm³/mol. The Morgan fingerprint density at radius 1 is 0.800 bits per heavy atom. The molecule has 0 aliphatic rings. The van der Waals surface area contributed by atoms with Crippen LogP contribution in [0.2, 0.25) is 0 Å². The van der Waals surface area contributed by atoms with Crippen LogP contribution in [0.1, 0.15) is 21.5 Å². The maximum absolute atomic E-state index is 13.8. The number of para-hydroxylation sites is 1. The van der Waals surface area contributed by atoms with Gasteiger partial charge in [0.25, 0.3) is 0 Å². The average molecular weight is 558 g/mol. The number of benzene rings is 4. The highest BCUT2D eigenvalue weighted by Gasteiger charge is 2.34. The number of anilines is 2. The Kier molecular flexibility index (Phi) is 7.57. The number of carbonyl (C=O) groups is 2. The van der Waals surface area contributed by atoms with E-state index < -0.39 is 17.8 Å². The number of carbonyl (C=O) groups excluding carboxylic acids is 2. The standard InChI is InChI=1S/C31H22F3N3O2S/c1-40-23-15-13-21(14-16-23)36-30(39)37-22-10-5-9-20(17-22)27-24-11-6-12-26(31(32,33)34)28(24)35-18-25(27)29(38)19-7-3-2-4-8-19/h2-18H,1H3,(H2,36,37,39). The number of urea groups is 1. The van der Waals surface area contributed by atoms with Crippen molar-refractivity contribution in [1.29, 1.82) is 0 Å². The van der Waals surface area contributed by atoms with Crippen LogP contribution in [0.3, 0.4) is 0 Å². The first-order valence-electron chi connectivity index (χ1n) is 12.2. The van der Waals surface area contributed by atoms with E-state index in [0.717, 1.165) is 11.0 Å². The van der Waals surface area contributed by atoms with Gasteiger partial charge in [-0.1, -0.05) is 54.6 Å². The van der Waals surface area contributed by atoms with Crippen LogP contribution >= 0.6 is 11.8 Å². The minimum Gasteiger partial charge on any atom is -0.308 e. The summed E-state index contributed by atoms with van der Waals surface area (Å²) in [6.07, 6.45) is -1.49. The highest BCUT2D eigenvalue weighted by molar-refractivity contribution is 7.98. The SMILES string of the molecule is CSc1ccc(NC(=O)Nc2cccc(-c3c(C(=O)c4ccccc4)cnc4c(C(F)(F)F)cccc34)c2)cc1. The quantitative estimate of drug-likeness (QED) is 0.162. The number of amides is 2. The number of hydrogen-bond donors (Lipinski definition) is 2. The fourth-order valence-corrected chi connectivity index (χ4v) is 4.81. The zero-order valence-corrected chi connectivity index (χ0v) is 21.9. The number of nitrogens with zero attached hydrogens (tertiary/aromatic N) is 1. The summed E-state index contributed by atoms with van der Waals surface area (Å²) in [5.74, 6) is -0.382. The van der Waals surface area contributed by atoms with Gasteiger partial charge in [0.05, 0.1) is 11.1 Å². The van der Waals surface area contributed by atoms with Gasteiger partial charge >= 0.3 is 12.2 Å². The summed E-state index contributed by atoms with van der Waals surface area (Å²) in [6.45, 7) is 0. The average Bonchev–Trinajstić information content (AvgIpc) is 2.96. The summed E-state index contributed by atoms with van der Waals surface area (Å²) in [7, 11) is 0. The zero-order valence-electron chi connectivity index (χ0n) is 21.1. The Balaban J connectivity index is 1.57. The molecule has 0 saturated heterocycles. The van der Waals surface area contributed by atoms with E-state index in [2.05, 4.69) is 15.6 Å². The van der Waals surface area contributed by atoms with Crippen LogP contribution in [-0.2, 0) is 6.18 Å². The second-order valence-electron chi connectivity index (χ2n) is 8.83. The molecule has 5 nitrogen and oxygen atoms in total. The van der Waals surface area contributed by atoms with Crippen molar-refractivity contribution in [1.82, 2.24) is 4.98 Å². The number of halogens is 3. The molecular formula is C31H22F3N3O2S. The van der Waals surface area contributed by atoms with Crippen molar-refractivity contribution in [2.75, 3.05) is 16.9 Å². The molecule has 2 N–H and O–H groups in total. The van der Waals surface area contributed by atoms with Crippen molar-refractivity contribution >= 4 is 45.9 Å². The third-order valence-electron chi connectivity index (χ3n) is 6.24. The molecule has 0 aliphatic heterocycles. The van der Waals surface area contributed by atoms with E-state index in [1.54, 1.807) is 78.5 Å². The lowest BCUT2D eigenvalue weighted by Crippen LogP contribution is -2.19. The van der Waals surface area contributed by atoms with E-state index in [4.69, 9.17) is 0 Å². The smallest absolute Gasteiger partial charge is 0.308 e. The summed E-state index contributed by atoms with van der Waals surface area (Å²) in [4.78, 5) is 31.4. The van der Waals surface area contributed by atoms with E-state index in [-0.39, 0.29) is 22.2 Å². The number of ketones is 1. The maximum Gasteiger partial charge on any atom is 0.418 e. The molecule has 0 spiro atoms. The number of pyridine rings is 1. The highest BCUT2D eigenvalue weighted by Crippen LogP contribution is 2.39. The molecule has 200 valence electrons. The van der Waals surface area contributed by atoms with Crippen molar-refractivity contribution < 1.29 is 22.8 Å². The zero-order chi connectivity index (χ0) is 28.3. The molecule has 0 saturated carbocycles. The van der Waals surface area contributed by atoms with E-state index in [9.17, 15) is 22.8 Å². The first kappa shape index (κ1) is 27.0. The molecule has 5 aromatic rings. The Hall–Kier alpha value is -4.63. The van der Waals surface area contributed by atoms with Gasteiger partial charge in [-0.2, -0.15) is 13.2 Å². The Morgan fingerprint density at radius 2 is 1.50 bits per heavy atom. The molecule has 1 aromatic heterocycles. The summed E-state index contributed by atoms with van der Waals surface area (Å²) in [6, 6.07) is 25.7. The second-order valence-corrected chi connectivity index (χ2v) is 9.71. The van der Waals surface area contributed by atoms with Crippen molar-refractivity contribution in [3.8, 4) is 11.1 Å². The summed E-state index contributed by atoms with van der Waals surface area (Å²) in [5.41, 5.74) is 1.10. The molecule has 0 fully saturated rings. The van der Waals surface area contributed by atoms with Gasteiger partial charge in [-0.25, -0.2) is 4.79 Å². The van der Waals surface area contributed by atoms with E-state index in [1.165, 1.54) is 18.3 Å². The molecule has 5 rings (SSSR count). The Bertz CT molecular complexity index is 1710. The van der Waals surface area contributed by atoms with E-state index >= 15 is 0 Å². The fraction of sp³-hybridized carbons (Fsp3) is 0.0645. The largest absolute Gasteiger partial charge is 0.418 e. The second kappa shape index (κ2) is 11.2. The third-order valence-corrected chi connectivity index (χ3v) is 6.98. The number of rotatable bonds is 6. The van der Waals surface area contributed by atoms with E-state index in [0.29, 0.717) is 28.1 Å². The maximum atomic E-state index is 13.8. The normalized spacial score (nSPS) is 11.3. The summed E-state index contributed by atoms with van der Waals surface area (Å²) >= 11 is 1.58. The fourth-order valence-electron chi connectivity index (χ4n) is 4.40. The molecule has 9 heteroatoms. The van der Waals surface area contributed by atoms with Crippen LogP contribution < -0.4 is 10.6 Å². The number of nitrogens with one attached hydrogen (secondary N) is 2. The van der Waals surface area contributed by atoms with Crippen LogP contribution in [0, 0.1) is 0 Å². The number of alkyl halides is 3. The van der Waals surface area contributed by atoms with Gasteiger partial charge in [-0.15, -0.1) is 11.8 Å². The van der Waals surface area contributed by atoms with Crippen LogP contribution in [0.5, 0.6) is 0 Å². The van der Waals surface area contributed by atoms with Gasteiger partial charge in [0.15, 0.2) is 5.78 Å². The molecule has 40 heavy (non-hydrogen) atoms. The van der Waals surface area contributed by atoms with Crippen LogP contribution in [0.4, 0.5) is 29.3 Å². The first-order valence-corrected chi connectivity index (χ1v) is 13.4. The predicted octanol–water partition coefficient (Wildman–Crippen LogP) is 8.52. The van der Waals surface area contributed by atoms with Crippen molar-refractivity contribution in [2.24, 2.45) is 0 Å².